The molecular weight excluding hydrogens is 428 g/mol. The second-order valence-corrected chi connectivity index (χ2v) is 11.0. The Kier molecular flexibility index (Phi) is 5.40. The molecular formula is C20H25ClN4O4S. The third kappa shape index (κ3) is 3.98. The van der Waals surface area contributed by atoms with Gasteiger partial charge < -0.3 is 14.3 Å². The number of halogens is 1. The van der Waals surface area contributed by atoms with E-state index in [1.807, 2.05) is 0 Å². The maximum Gasteiger partial charge on any atom is 0.316 e. The van der Waals surface area contributed by atoms with Gasteiger partial charge in [-0.15, -0.1) is 0 Å². The molecule has 0 aliphatic carbocycles. The fourth-order valence-electron chi connectivity index (χ4n) is 4.47. The van der Waals surface area contributed by atoms with E-state index in [9.17, 15) is 13.2 Å². The van der Waals surface area contributed by atoms with E-state index in [-0.39, 0.29) is 27.9 Å². The minimum atomic E-state index is -3.71. The Morgan fingerprint density at radius 3 is 2.63 bits per heavy atom. The van der Waals surface area contributed by atoms with Gasteiger partial charge in [0.1, 0.15) is 5.75 Å². The van der Waals surface area contributed by atoms with Crippen LogP contribution in [0.15, 0.2) is 21.6 Å². The fraction of sp³-hybridized carbons (Fsp3) is 0.550. The number of amides is 1. The summed E-state index contributed by atoms with van der Waals surface area (Å²) in [5.74, 6) is -0.968. The van der Waals surface area contributed by atoms with Crippen LogP contribution >= 0.6 is 11.6 Å². The number of nitrogens with zero attached hydrogens (tertiary/aromatic N) is 4. The van der Waals surface area contributed by atoms with Crippen LogP contribution in [0, 0.1) is 19.3 Å². The van der Waals surface area contributed by atoms with Crippen LogP contribution in [0.3, 0.4) is 0 Å². The van der Waals surface area contributed by atoms with Crippen molar-refractivity contribution in [3.63, 3.8) is 0 Å². The van der Waals surface area contributed by atoms with Crippen molar-refractivity contribution >= 4 is 27.3 Å². The van der Waals surface area contributed by atoms with Crippen molar-refractivity contribution in [3.8, 4) is 0 Å². The summed E-state index contributed by atoms with van der Waals surface area (Å²) in [7, 11) is -1.62. The van der Waals surface area contributed by atoms with Gasteiger partial charge in [-0.3, -0.25) is 4.79 Å². The highest BCUT2D eigenvalue weighted by Crippen LogP contribution is 2.39. The summed E-state index contributed by atoms with van der Waals surface area (Å²) >= 11 is 6.07. The number of benzene rings is 1. The Hall–Kier alpha value is -1.97. The predicted molar refractivity (Wildman–Crippen MR) is 111 cm³/mol. The number of aromatic nitrogens is 2. The zero-order valence-electron chi connectivity index (χ0n) is 17.3. The lowest BCUT2D eigenvalue weighted by molar-refractivity contribution is 0.0724. The van der Waals surface area contributed by atoms with Gasteiger partial charge in [0.2, 0.25) is 0 Å². The van der Waals surface area contributed by atoms with E-state index < -0.39 is 15.6 Å². The van der Waals surface area contributed by atoms with Crippen LogP contribution < -0.4 is 0 Å². The van der Waals surface area contributed by atoms with E-state index in [0.29, 0.717) is 29.2 Å². The summed E-state index contributed by atoms with van der Waals surface area (Å²) in [5.41, 5.74) is 1.36. The van der Waals surface area contributed by atoms with Crippen molar-refractivity contribution in [1.82, 2.24) is 19.9 Å². The lowest BCUT2D eigenvalue weighted by Gasteiger charge is -2.23. The van der Waals surface area contributed by atoms with Crippen LogP contribution in [0.5, 0.6) is 0 Å². The molecule has 4 rings (SSSR count). The summed E-state index contributed by atoms with van der Waals surface area (Å²) in [6.45, 7) is 6.75. The molecule has 2 aliphatic rings. The SMILES string of the molecule is Cc1cc(S(=O)(=O)Cc2noc(C(=O)N3CCC4(CCN(C)C4)C3)n2)c(C)cc1Cl. The molecule has 0 N–H and O–H groups in total. The first-order valence-electron chi connectivity index (χ1n) is 9.88. The molecule has 1 spiro atoms. The molecule has 2 saturated heterocycles. The second-order valence-electron chi connectivity index (χ2n) is 8.61. The Bertz CT molecular complexity index is 1100. The van der Waals surface area contributed by atoms with E-state index in [0.717, 1.165) is 25.9 Å². The maximum absolute atomic E-state index is 12.9. The van der Waals surface area contributed by atoms with Crippen molar-refractivity contribution in [2.75, 3.05) is 33.2 Å². The Morgan fingerprint density at radius 2 is 1.93 bits per heavy atom. The van der Waals surface area contributed by atoms with Crippen molar-refractivity contribution in [3.05, 3.63) is 40.0 Å². The fourth-order valence-corrected chi connectivity index (χ4v) is 6.21. The molecule has 162 valence electrons. The average molecular weight is 453 g/mol. The molecule has 0 radical (unpaired) electrons. The second kappa shape index (κ2) is 7.62. The lowest BCUT2D eigenvalue weighted by atomic mass is 9.86. The van der Waals surface area contributed by atoms with Crippen LogP contribution in [0.25, 0.3) is 0 Å². The molecule has 1 unspecified atom stereocenters. The zero-order chi connectivity index (χ0) is 21.7. The molecule has 8 nitrogen and oxygen atoms in total. The quantitative estimate of drug-likeness (QED) is 0.702. The first kappa shape index (κ1) is 21.3. The minimum Gasteiger partial charge on any atom is -0.334 e. The van der Waals surface area contributed by atoms with Gasteiger partial charge in [-0.05, 0) is 63.5 Å². The van der Waals surface area contributed by atoms with E-state index in [4.69, 9.17) is 16.1 Å². The number of hydrogen-bond donors (Lipinski definition) is 0. The van der Waals surface area contributed by atoms with Crippen molar-refractivity contribution < 1.29 is 17.7 Å². The Balaban J connectivity index is 1.48. The normalized spacial score (nSPS) is 22.3. The monoisotopic (exact) mass is 452 g/mol. The summed E-state index contributed by atoms with van der Waals surface area (Å²) in [6, 6.07) is 3.17. The molecule has 30 heavy (non-hydrogen) atoms. The Labute approximate surface area is 181 Å². The first-order chi connectivity index (χ1) is 14.1. The Morgan fingerprint density at radius 1 is 1.20 bits per heavy atom. The number of sulfone groups is 1. The molecule has 1 aromatic heterocycles. The van der Waals surface area contributed by atoms with Gasteiger partial charge in [-0.1, -0.05) is 16.8 Å². The van der Waals surface area contributed by atoms with Gasteiger partial charge in [0.25, 0.3) is 0 Å². The number of aryl methyl sites for hydroxylation is 2. The number of rotatable bonds is 4. The molecule has 10 heteroatoms. The molecule has 0 saturated carbocycles. The standard InChI is InChI=1S/C20H25ClN4O4S/c1-13-9-16(14(2)8-15(13)21)30(27,28)10-17-22-18(29-23-17)19(26)25-7-5-20(12-25)4-6-24(3)11-20/h8-9H,4-7,10-12H2,1-3H3. The van der Waals surface area contributed by atoms with Crippen LogP contribution in [-0.4, -0.2) is 67.5 Å². The molecule has 0 bridgehead atoms. The van der Waals surface area contributed by atoms with E-state index in [1.165, 1.54) is 0 Å². The van der Waals surface area contributed by atoms with E-state index >= 15 is 0 Å². The largest absolute Gasteiger partial charge is 0.334 e. The number of likely N-dealkylation sites (tertiary alicyclic amines) is 2. The van der Waals surface area contributed by atoms with Gasteiger partial charge in [0.05, 0.1) is 4.90 Å². The van der Waals surface area contributed by atoms with Gasteiger partial charge in [-0.25, -0.2) is 8.42 Å². The topological polar surface area (TPSA) is 96.6 Å². The summed E-state index contributed by atoms with van der Waals surface area (Å²) in [4.78, 5) is 21.1. The summed E-state index contributed by atoms with van der Waals surface area (Å²) in [5, 5.41) is 4.25. The van der Waals surface area contributed by atoms with E-state index in [1.54, 1.807) is 30.9 Å². The van der Waals surface area contributed by atoms with Gasteiger partial charge >= 0.3 is 11.8 Å². The molecule has 1 atom stereocenters. The van der Waals surface area contributed by atoms with Crippen LogP contribution in [0.2, 0.25) is 5.02 Å². The van der Waals surface area contributed by atoms with Crippen LogP contribution in [0.1, 0.15) is 40.5 Å². The summed E-state index contributed by atoms with van der Waals surface area (Å²) < 4.78 is 30.8. The number of carbonyl (C=O) groups excluding carboxylic acids is 1. The maximum atomic E-state index is 12.9. The highest BCUT2D eigenvalue weighted by Gasteiger charge is 2.44. The number of carbonyl (C=O) groups is 1. The predicted octanol–water partition coefficient (Wildman–Crippen LogP) is 2.48. The first-order valence-corrected chi connectivity index (χ1v) is 11.9. The third-order valence-electron chi connectivity index (χ3n) is 6.12. The van der Waals surface area contributed by atoms with Crippen molar-refractivity contribution in [2.24, 2.45) is 5.41 Å². The minimum absolute atomic E-state index is 0.0279. The molecule has 1 amide bonds. The molecule has 1 aromatic carbocycles. The number of hydrogen-bond acceptors (Lipinski definition) is 7. The van der Waals surface area contributed by atoms with Crippen LogP contribution in [0.4, 0.5) is 0 Å². The van der Waals surface area contributed by atoms with Crippen molar-refractivity contribution in [2.45, 2.75) is 37.3 Å². The summed E-state index contributed by atoms with van der Waals surface area (Å²) in [6.07, 6.45) is 2.02. The van der Waals surface area contributed by atoms with Crippen molar-refractivity contribution in [1.29, 1.82) is 0 Å². The van der Waals surface area contributed by atoms with E-state index in [2.05, 4.69) is 22.1 Å². The van der Waals surface area contributed by atoms with Crippen LogP contribution in [-0.2, 0) is 15.6 Å². The molecule has 2 aromatic rings. The molecule has 3 heterocycles. The van der Waals surface area contributed by atoms with Gasteiger partial charge in [0, 0.05) is 30.1 Å². The molecule has 2 fully saturated rings. The smallest absolute Gasteiger partial charge is 0.316 e. The zero-order valence-corrected chi connectivity index (χ0v) is 18.9. The highest BCUT2D eigenvalue weighted by molar-refractivity contribution is 7.90. The highest BCUT2D eigenvalue weighted by atomic mass is 35.5. The molecule has 2 aliphatic heterocycles. The average Bonchev–Trinajstić information content (AvgIpc) is 3.38. The third-order valence-corrected chi connectivity index (χ3v) is 8.27. The van der Waals surface area contributed by atoms with Gasteiger partial charge in [-0.2, -0.15) is 4.98 Å². The lowest BCUT2D eigenvalue weighted by Crippen LogP contribution is -2.33. The van der Waals surface area contributed by atoms with Gasteiger partial charge in [0.15, 0.2) is 15.7 Å².